The maximum atomic E-state index is 11.5. The minimum absolute atomic E-state index is 0.356. The Morgan fingerprint density at radius 3 is 2.52 bits per heavy atom. The predicted octanol–water partition coefficient (Wildman–Crippen LogP) is 4.17. The Morgan fingerprint density at radius 1 is 1.24 bits per heavy atom. The van der Waals surface area contributed by atoms with Crippen molar-refractivity contribution >= 4 is 6.16 Å². The second-order valence-corrected chi connectivity index (χ2v) is 6.11. The number of ether oxygens (including phenoxy) is 2. The molecule has 0 aliphatic heterocycles. The van der Waals surface area contributed by atoms with Gasteiger partial charge in [0.1, 0.15) is 5.75 Å². The number of hydrogen-bond acceptors (Lipinski definition) is 4. The molecular weight excluding hydrogens is 268 g/mol. The summed E-state index contributed by atoms with van der Waals surface area (Å²) in [6.45, 7) is 6.12. The molecule has 0 aliphatic carbocycles. The number of aliphatic hydroxyl groups is 1. The number of para-hydroxylation sites is 1. The zero-order valence-electron chi connectivity index (χ0n) is 13.2. The van der Waals surface area contributed by atoms with Gasteiger partial charge in [-0.1, -0.05) is 38.0 Å². The molecule has 0 radical (unpaired) electrons. The Hall–Kier alpha value is -1.55. The van der Waals surface area contributed by atoms with E-state index in [0.29, 0.717) is 18.3 Å². The first-order valence-corrected chi connectivity index (χ1v) is 7.49. The fraction of sp³-hybridized carbons (Fsp3) is 0.588. The van der Waals surface area contributed by atoms with Crippen LogP contribution in [0, 0.1) is 5.92 Å². The zero-order valence-corrected chi connectivity index (χ0v) is 13.2. The van der Waals surface area contributed by atoms with Crippen LogP contribution in [0.15, 0.2) is 30.3 Å². The van der Waals surface area contributed by atoms with Crippen LogP contribution in [-0.2, 0) is 4.74 Å². The molecule has 1 aromatic rings. The van der Waals surface area contributed by atoms with Crippen molar-refractivity contribution in [2.45, 2.75) is 52.1 Å². The van der Waals surface area contributed by atoms with Crippen molar-refractivity contribution < 1.29 is 19.4 Å². The van der Waals surface area contributed by atoms with Crippen molar-refractivity contribution in [3.8, 4) is 5.75 Å². The normalized spacial score (nSPS) is 12.8. The molecule has 0 spiro atoms. The van der Waals surface area contributed by atoms with Crippen molar-refractivity contribution in [2.24, 2.45) is 5.92 Å². The van der Waals surface area contributed by atoms with Gasteiger partial charge in [0.2, 0.25) is 0 Å². The van der Waals surface area contributed by atoms with Gasteiger partial charge < -0.3 is 14.6 Å². The van der Waals surface area contributed by atoms with E-state index in [-0.39, 0.29) is 0 Å². The second-order valence-electron chi connectivity index (χ2n) is 6.11. The Kier molecular flexibility index (Phi) is 7.23. The number of carbonyl (C=O) groups is 1. The quantitative estimate of drug-likeness (QED) is 0.577. The molecule has 0 aliphatic rings. The Bertz CT molecular complexity index is 409. The van der Waals surface area contributed by atoms with Crippen LogP contribution in [0.3, 0.4) is 0 Å². The molecule has 0 saturated carbocycles. The van der Waals surface area contributed by atoms with Gasteiger partial charge in [-0.15, -0.1) is 0 Å². The van der Waals surface area contributed by atoms with E-state index in [2.05, 4.69) is 6.92 Å². The van der Waals surface area contributed by atoms with Crippen LogP contribution < -0.4 is 4.74 Å². The summed E-state index contributed by atoms with van der Waals surface area (Å²) in [7, 11) is 0. The summed E-state index contributed by atoms with van der Waals surface area (Å²) in [5.41, 5.74) is -0.601. The van der Waals surface area contributed by atoms with Gasteiger partial charge in [-0.05, 0) is 44.7 Å². The summed E-state index contributed by atoms with van der Waals surface area (Å²) < 4.78 is 10.1. The van der Waals surface area contributed by atoms with Crippen molar-refractivity contribution in [3.05, 3.63) is 30.3 Å². The molecule has 0 saturated heterocycles. The van der Waals surface area contributed by atoms with E-state index in [0.717, 1.165) is 25.7 Å². The molecular formula is C17H26O4. The lowest BCUT2D eigenvalue weighted by Crippen LogP contribution is -2.18. The number of benzene rings is 1. The van der Waals surface area contributed by atoms with Crippen molar-refractivity contribution in [3.63, 3.8) is 0 Å². The van der Waals surface area contributed by atoms with Crippen LogP contribution in [0.5, 0.6) is 5.75 Å². The smallest absolute Gasteiger partial charge is 0.434 e. The summed E-state index contributed by atoms with van der Waals surface area (Å²) in [4.78, 5) is 11.5. The Balaban J connectivity index is 2.11. The molecule has 1 aromatic carbocycles. The van der Waals surface area contributed by atoms with Crippen LogP contribution in [0.2, 0.25) is 0 Å². The maximum absolute atomic E-state index is 11.5. The van der Waals surface area contributed by atoms with Gasteiger partial charge >= 0.3 is 6.16 Å². The largest absolute Gasteiger partial charge is 0.513 e. The second kappa shape index (κ2) is 8.67. The molecule has 0 fully saturated rings. The standard InChI is InChI=1S/C17H26O4/c1-14(8-7-12-17(2,3)19)11-13-20-16(18)21-15-9-5-4-6-10-15/h4-6,9-10,14,19H,7-8,11-13H2,1-3H3/t14-/m1/s1. The molecule has 21 heavy (non-hydrogen) atoms. The van der Waals surface area contributed by atoms with E-state index in [4.69, 9.17) is 9.47 Å². The molecule has 0 unspecified atom stereocenters. The van der Waals surface area contributed by atoms with Crippen molar-refractivity contribution in [1.29, 1.82) is 0 Å². The fourth-order valence-electron chi connectivity index (χ4n) is 1.99. The third kappa shape index (κ3) is 9.08. The average molecular weight is 294 g/mol. The molecule has 1 rings (SSSR count). The van der Waals surface area contributed by atoms with Crippen molar-refractivity contribution in [1.82, 2.24) is 0 Å². The Labute approximate surface area is 127 Å². The third-order valence-electron chi connectivity index (χ3n) is 3.26. The minimum atomic E-state index is -0.662. The summed E-state index contributed by atoms with van der Waals surface area (Å²) in [6.07, 6.45) is 2.91. The first kappa shape index (κ1) is 17.5. The Morgan fingerprint density at radius 2 is 1.90 bits per heavy atom. The number of hydrogen-bond donors (Lipinski definition) is 1. The molecule has 0 heterocycles. The van der Waals surface area contributed by atoms with Gasteiger partial charge in [0.25, 0.3) is 0 Å². The predicted molar refractivity (Wildman–Crippen MR) is 82.3 cm³/mol. The summed E-state index contributed by atoms with van der Waals surface area (Å²) in [5, 5.41) is 9.63. The van der Waals surface area contributed by atoms with E-state index in [1.165, 1.54) is 0 Å². The minimum Gasteiger partial charge on any atom is -0.434 e. The summed E-state index contributed by atoms with van der Waals surface area (Å²) >= 11 is 0. The monoisotopic (exact) mass is 294 g/mol. The molecule has 4 heteroatoms. The van der Waals surface area contributed by atoms with Crippen molar-refractivity contribution in [2.75, 3.05) is 6.61 Å². The first-order valence-electron chi connectivity index (χ1n) is 7.49. The maximum Gasteiger partial charge on any atom is 0.513 e. The lowest BCUT2D eigenvalue weighted by Gasteiger charge is -2.18. The lowest BCUT2D eigenvalue weighted by molar-refractivity contribution is 0.0661. The van der Waals surface area contributed by atoms with E-state index in [9.17, 15) is 9.90 Å². The van der Waals surface area contributed by atoms with E-state index >= 15 is 0 Å². The fourth-order valence-corrected chi connectivity index (χ4v) is 1.99. The summed E-state index contributed by atoms with van der Waals surface area (Å²) in [5.74, 6) is 0.942. The van der Waals surface area contributed by atoms with Gasteiger partial charge in [-0.2, -0.15) is 0 Å². The SMILES string of the molecule is C[C@H](CCCC(C)(C)O)CCOC(=O)Oc1ccccc1. The molecule has 1 N–H and O–H groups in total. The van der Waals surface area contributed by atoms with Gasteiger partial charge in [0.05, 0.1) is 12.2 Å². The topological polar surface area (TPSA) is 55.8 Å². The van der Waals surface area contributed by atoms with Crippen LogP contribution in [0.25, 0.3) is 0 Å². The highest BCUT2D eigenvalue weighted by Gasteiger charge is 2.13. The van der Waals surface area contributed by atoms with Gasteiger partial charge in [-0.25, -0.2) is 4.79 Å². The van der Waals surface area contributed by atoms with Gasteiger partial charge in [0.15, 0.2) is 0 Å². The molecule has 0 amide bonds. The number of rotatable bonds is 8. The lowest BCUT2D eigenvalue weighted by atomic mass is 9.95. The molecule has 1 atom stereocenters. The van der Waals surface area contributed by atoms with Gasteiger partial charge in [0, 0.05) is 0 Å². The van der Waals surface area contributed by atoms with E-state index in [1.54, 1.807) is 24.3 Å². The third-order valence-corrected chi connectivity index (χ3v) is 3.26. The highest BCUT2D eigenvalue weighted by molar-refractivity contribution is 5.63. The first-order chi connectivity index (χ1) is 9.87. The van der Waals surface area contributed by atoms with E-state index < -0.39 is 11.8 Å². The number of carbonyl (C=O) groups excluding carboxylic acids is 1. The highest BCUT2D eigenvalue weighted by Crippen LogP contribution is 2.18. The van der Waals surface area contributed by atoms with Crippen LogP contribution in [0.4, 0.5) is 4.79 Å². The average Bonchev–Trinajstić information content (AvgIpc) is 2.38. The van der Waals surface area contributed by atoms with Crippen LogP contribution >= 0.6 is 0 Å². The summed E-state index contributed by atoms with van der Waals surface area (Å²) in [6, 6.07) is 8.87. The molecule has 0 bridgehead atoms. The zero-order chi connectivity index (χ0) is 15.7. The van der Waals surface area contributed by atoms with Crippen LogP contribution in [0.1, 0.15) is 46.5 Å². The molecule has 4 nitrogen and oxygen atoms in total. The molecule has 118 valence electrons. The van der Waals surface area contributed by atoms with E-state index in [1.807, 2.05) is 19.9 Å². The highest BCUT2D eigenvalue weighted by atomic mass is 16.7. The van der Waals surface area contributed by atoms with Gasteiger partial charge in [-0.3, -0.25) is 0 Å². The van der Waals surface area contributed by atoms with Crippen LogP contribution in [-0.4, -0.2) is 23.5 Å². The molecule has 0 aromatic heterocycles.